The highest BCUT2D eigenvalue weighted by atomic mass is 19.1. The average Bonchev–Trinajstić information content (AvgIpc) is 2.80. The van der Waals surface area contributed by atoms with Gasteiger partial charge in [-0.25, -0.2) is 4.39 Å². The van der Waals surface area contributed by atoms with Crippen LogP contribution in [0, 0.1) is 0 Å². The summed E-state index contributed by atoms with van der Waals surface area (Å²) in [6.07, 6.45) is 2.25. The van der Waals surface area contributed by atoms with Gasteiger partial charge >= 0.3 is 0 Å². The Balaban J connectivity index is 2.25. The van der Waals surface area contributed by atoms with Crippen LogP contribution in [0.4, 0.5) is 4.39 Å². The van der Waals surface area contributed by atoms with E-state index in [9.17, 15) is 9.18 Å². The molecule has 0 amide bonds. The Labute approximate surface area is 95.1 Å². The lowest BCUT2D eigenvalue weighted by atomic mass is 10.0. The first-order chi connectivity index (χ1) is 7.65. The quantitative estimate of drug-likeness (QED) is 0.577. The summed E-state index contributed by atoms with van der Waals surface area (Å²) in [5.74, 6) is -1.85. The Bertz CT molecular complexity index is 363. The lowest BCUT2D eigenvalue weighted by Gasteiger charge is -2.32. The number of hydrogen-bond donors (Lipinski definition) is 0. The van der Waals surface area contributed by atoms with Crippen molar-refractivity contribution in [2.45, 2.75) is 31.6 Å². The fourth-order valence-electron chi connectivity index (χ4n) is 2.38. The molecule has 1 aromatic carbocycles. The summed E-state index contributed by atoms with van der Waals surface area (Å²) in [5.41, 5.74) is 1.09. The number of rotatable bonds is 3. The molecule has 2 rings (SSSR count). The van der Waals surface area contributed by atoms with Gasteiger partial charge in [0.05, 0.1) is 0 Å². The van der Waals surface area contributed by atoms with Crippen LogP contribution in [0.3, 0.4) is 0 Å². The molecule has 2 nitrogen and oxygen atoms in total. The molecular formula is C13H16FNO. The summed E-state index contributed by atoms with van der Waals surface area (Å²) in [6, 6.07) is 9.84. The van der Waals surface area contributed by atoms with Gasteiger partial charge in [0.2, 0.25) is 5.79 Å². The van der Waals surface area contributed by atoms with Gasteiger partial charge in [0.25, 0.3) is 0 Å². The van der Waals surface area contributed by atoms with Crippen LogP contribution in [0.2, 0.25) is 0 Å². The second-order valence-corrected chi connectivity index (χ2v) is 4.40. The molecule has 0 spiro atoms. The van der Waals surface area contributed by atoms with Crippen LogP contribution in [-0.4, -0.2) is 23.5 Å². The maximum atomic E-state index is 14.0. The standard InChI is InChI=1S/C13H16FNO/c1-13(14,10-16)15-9-5-8-12(15)11-6-3-2-4-7-11/h2-4,6-7,10,12H,5,8-9H2,1H3. The Kier molecular flexibility index (Phi) is 3.06. The molecule has 0 radical (unpaired) electrons. The number of carbonyl (C=O) groups is 1. The Morgan fingerprint density at radius 2 is 2.12 bits per heavy atom. The van der Waals surface area contributed by atoms with E-state index in [2.05, 4.69) is 0 Å². The van der Waals surface area contributed by atoms with Gasteiger partial charge in [-0.15, -0.1) is 0 Å². The van der Waals surface area contributed by atoms with E-state index >= 15 is 0 Å². The summed E-state index contributed by atoms with van der Waals surface area (Å²) in [7, 11) is 0. The van der Waals surface area contributed by atoms with Crippen molar-refractivity contribution in [3.05, 3.63) is 35.9 Å². The minimum atomic E-state index is -1.85. The zero-order valence-corrected chi connectivity index (χ0v) is 9.40. The SMILES string of the molecule is CC(F)(C=O)N1CCCC1c1ccccc1. The highest BCUT2D eigenvalue weighted by molar-refractivity contribution is 5.61. The molecule has 1 saturated heterocycles. The smallest absolute Gasteiger partial charge is 0.217 e. The molecule has 0 bridgehead atoms. The van der Waals surface area contributed by atoms with Crippen molar-refractivity contribution >= 4 is 6.29 Å². The Hall–Kier alpha value is -1.22. The topological polar surface area (TPSA) is 20.3 Å². The molecule has 0 aromatic heterocycles. The molecule has 2 unspecified atom stereocenters. The number of carbonyl (C=O) groups excluding carboxylic acids is 1. The number of nitrogens with zero attached hydrogens (tertiary/aromatic N) is 1. The van der Waals surface area contributed by atoms with E-state index in [1.165, 1.54) is 6.92 Å². The van der Waals surface area contributed by atoms with Crippen LogP contribution < -0.4 is 0 Å². The number of alkyl halides is 1. The largest absolute Gasteiger partial charge is 0.298 e. The predicted octanol–water partition coefficient (Wildman–Crippen LogP) is 2.71. The monoisotopic (exact) mass is 221 g/mol. The average molecular weight is 221 g/mol. The first-order valence-corrected chi connectivity index (χ1v) is 5.62. The zero-order valence-electron chi connectivity index (χ0n) is 9.40. The van der Waals surface area contributed by atoms with Gasteiger partial charge in [-0.3, -0.25) is 9.69 Å². The van der Waals surface area contributed by atoms with Crippen LogP contribution in [0.5, 0.6) is 0 Å². The number of benzene rings is 1. The second kappa shape index (κ2) is 4.34. The Morgan fingerprint density at radius 3 is 2.75 bits per heavy atom. The fraction of sp³-hybridized carbons (Fsp3) is 0.462. The first kappa shape index (κ1) is 11.3. The highest BCUT2D eigenvalue weighted by Gasteiger charge is 2.39. The molecule has 1 fully saturated rings. The second-order valence-electron chi connectivity index (χ2n) is 4.40. The lowest BCUT2D eigenvalue weighted by molar-refractivity contribution is -0.130. The summed E-state index contributed by atoms with van der Waals surface area (Å²) in [6.45, 7) is 1.98. The van der Waals surface area contributed by atoms with Crippen molar-refractivity contribution in [2.75, 3.05) is 6.54 Å². The van der Waals surface area contributed by atoms with Gasteiger partial charge in [-0.1, -0.05) is 30.3 Å². The molecule has 1 aliphatic rings. The van der Waals surface area contributed by atoms with Gasteiger partial charge in [-0.2, -0.15) is 0 Å². The third-order valence-electron chi connectivity index (χ3n) is 3.21. The van der Waals surface area contributed by atoms with Crippen LogP contribution in [0.25, 0.3) is 0 Å². The van der Waals surface area contributed by atoms with E-state index in [1.54, 1.807) is 4.90 Å². The molecular weight excluding hydrogens is 205 g/mol. The van der Waals surface area contributed by atoms with E-state index < -0.39 is 5.79 Å². The predicted molar refractivity (Wildman–Crippen MR) is 60.7 cm³/mol. The van der Waals surface area contributed by atoms with Crippen LogP contribution in [-0.2, 0) is 4.79 Å². The van der Waals surface area contributed by atoms with Crippen LogP contribution in [0.15, 0.2) is 30.3 Å². The number of hydrogen-bond acceptors (Lipinski definition) is 2. The van der Waals surface area contributed by atoms with E-state index in [-0.39, 0.29) is 6.04 Å². The van der Waals surface area contributed by atoms with Crippen LogP contribution >= 0.6 is 0 Å². The minimum Gasteiger partial charge on any atom is -0.298 e. The number of likely N-dealkylation sites (tertiary alicyclic amines) is 1. The van der Waals surface area contributed by atoms with E-state index in [4.69, 9.17) is 0 Å². The van der Waals surface area contributed by atoms with Gasteiger partial charge < -0.3 is 0 Å². The third kappa shape index (κ3) is 2.00. The highest BCUT2D eigenvalue weighted by Crippen LogP contribution is 2.37. The van der Waals surface area contributed by atoms with Crippen molar-refractivity contribution < 1.29 is 9.18 Å². The zero-order chi connectivity index (χ0) is 11.6. The first-order valence-electron chi connectivity index (χ1n) is 5.62. The van der Waals surface area contributed by atoms with Gasteiger partial charge in [0.15, 0.2) is 6.29 Å². The number of aldehydes is 1. The summed E-state index contributed by atoms with van der Waals surface area (Å²) in [4.78, 5) is 12.4. The molecule has 16 heavy (non-hydrogen) atoms. The normalized spacial score (nSPS) is 25.2. The van der Waals surface area contributed by atoms with Gasteiger partial charge in [0, 0.05) is 12.6 Å². The van der Waals surface area contributed by atoms with Crippen LogP contribution in [0.1, 0.15) is 31.4 Å². The van der Waals surface area contributed by atoms with E-state index in [1.807, 2.05) is 30.3 Å². The van der Waals surface area contributed by atoms with Crippen molar-refractivity contribution in [2.24, 2.45) is 0 Å². The fourth-order valence-corrected chi connectivity index (χ4v) is 2.38. The summed E-state index contributed by atoms with van der Waals surface area (Å²) in [5, 5.41) is 0. The minimum absolute atomic E-state index is 0.0291. The molecule has 1 aromatic rings. The molecule has 86 valence electrons. The molecule has 2 atom stereocenters. The van der Waals surface area contributed by atoms with Gasteiger partial charge in [0.1, 0.15) is 0 Å². The van der Waals surface area contributed by atoms with E-state index in [0.717, 1.165) is 18.4 Å². The molecule has 0 saturated carbocycles. The maximum Gasteiger partial charge on any atom is 0.217 e. The number of halogens is 1. The maximum absolute atomic E-state index is 14.0. The molecule has 3 heteroatoms. The van der Waals surface area contributed by atoms with Crippen molar-refractivity contribution in [1.82, 2.24) is 4.90 Å². The molecule has 1 aliphatic heterocycles. The Morgan fingerprint density at radius 1 is 1.44 bits per heavy atom. The summed E-state index contributed by atoms with van der Waals surface area (Å²) < 4.78 is 14.0. The van der Waals surface area contributed by atoms with Crippen molar-refractivity contribution in [3.8, 4) is 0 Å². The summed E-state index contributed by atoms with van der Waals surface area (Å²) >= 11 is 0. The molecule has 1 heterocycles. The van der Waals surface area contributed by atoms with E-state index in [0.29, 0.717) is 12.8 Å². The molecule has 0 N–H and O–H groups in total. The third-order valence-corrected chi connectivity index (χ3v) is 3.21. The van der Waals surface area contributed by atoms with Crippen molar-refractivity contribution in [3.63, 3.8) is 0 Å². The molecule has 0 aliphatic carbocycles. The van der Waals surface area contributed by atoms with Gasteiger partial charge in [-0.05, 0) is 25.3 Å². The lowest BCUT2D eigenvalue weighted by Crippen LogP contribution is -2.43. The van der Waals surface area contributed by atoms with Crippen molar-refractivity contribution in [1.29, 1.82) is 0 Å².